The fourth-order valence-electron chi connectivity index (χ4n) is 1.52. The minimum atomic E-state index is -0.311. The van der Waals surface area contributed by atoms with E-state index >= 15 is 0 Å². The molecule has 0 spiro atoms. The first kappa shape index (κ1) is 18.4. The number of hydrogen-bond acceptors (Lipinski definition) is 4. The van der Waals surface area contributed by atoms with Crippen molar-refractivity contribution in [3.05, 3.63) is 27.4 Å². The molecule has 0 aliphatic heterocycles. The van der Waals surface area contributed by atoms with Crippen molar-refractivity contribution in [1.82, 2.24) is 0 Å². The minimum Gasteiger partial charge on any atom is -0.461 e. The van der Waals surface area contributed by atoms with Gasteiger partial charge in [0.15, 0.2) is 0 Å². The molecule has 0 aliphatic rings. The van der Waals surface area contributed by atoms with Crippen LogP contribution in [-0.2, 0) is 32.3 Å². The number of esters is 2. The highest BCUT2D eigenvalue weighted by Gasteiger charge is 2.19. The molecule has 0 saturated carbocycles. The normalized spacial score (nSPS) is 10.3. The quantitative estimate of drug-likeness (QED) is 0.382. The standard InChI is InChI=1S/C13H13I3O4/c1-6-11(14)9(4-19-7(2)17)13(16)10(12(6)15)5-20-8(3)18/h4-5H2,1-3H3. The first-order chi connectivity index (χ1) is 9.25. The van der Waals surface area contributed by atoms with Crippen LogP contribution in [0, 0.1) is 17.6 Å². The van der Waals surface area contributed by atoms with Gasteiger partial charge in [-0.2, -0.15) is 0 Å². The van der Waals surface area contributed by atoms with Crippen LogP contribution in [0.15, 0.2) is 0 Å². The van der Waals surface area contributed by atoms with Gasteiger partial charge in [0.25, 0.3) is 0 Å². The summed E-state index contributed by atoms with van der Waals surface area (Å²) in [5.74, 6) is -0.622. The average molecular weight is 614 g/mol. The smallest absolute Gasteiger partial charge is 0.302 e. The molecule has 4 nitrogen and oxygen atoms in total. The molecular weight excluding hydrogens is 601 g/mol. The van der Waals surface area contributed by atoms with E-state index in [4.69, 9.17) is 9.47 Å². The Morgan fingerprint density at radius 2 is 1.20 bits per heavy atom. The van der Waals surface area contributed by atoms with Crippen molar-refractivity contribution in [3.63, 3.8) is 0 Å². The molecule has 0 fully saturated rings. The van der Waals surface area contributed by atoms with Gasteiger partial charge in [-0.3, -0.25) is 9.59 Å². The highest BCUT2D eigenvalue weighted by molar-refractivity contribution is 14.1. The van der Waals surface area contributed by atoms with E-state index in [9.17, 15) is 9.59 Å². The number of benzene rings is 1. The zero-order valence-corrected chi connectivity index (χ0v) is 17.7. The number of ether oxygens (including phenoxy) is 2. The maximum atomic E-state index is 11.0. The van der Waals surface area contributed by atoms with Gasteiger partial charge in [-0.1, -0.05) is 0 Å². The molecule has 0 aromatic heterocycles. The van der Waals surface area contributed by atoms with Gasteiger partial charge in [0.1, 0.15) is 13.2 Å². The number of carbonyl (C=O) groups excluding carboxylic acids is 2. The van der Waals surface area contributed by atoms with Crippen LogP contribution in [0.1, 0.15) is 30.5 Å². The number of halogens is 3. The third-order valence-electron chi connectivity index (χ3n) is 2.56. The molecule has 0 N–H and O–H groups in total. The van der Waals surface area contributed by atoms with Gasteiger partial charge in [0, 0.05) is 35.7 Å². The van der Waals surface area contributed by atoms with E-state index in [0.29, 0.717) is 0 Å². The van der Waals surface area contributed by atoms with E-state index in [1.54, 1.807) is 0 Å². The predicted molar refractivity (Wildman–Crippen MR) is 100 cm³/mol. The summed E-state index contributed by atoms with van der Waals surface area (Å²) in [5, 5.41) is 0. The molecule has 20 heavy (non-hydrogen) atoms. The molecule has 0 amide bonds. The Balaban J connectivity index is 3.23. The van der Waals surface area contributed by atoms with Gasteiger partial charge in [0.05, 0.1) is 0 Å². The first-order valence-corrected chi connectivity index (χ1v) is 8.90. The Hall–Kier alpha value is 0.350. The Bertz CT molecular complexity index is 510. The van der Waals surface area contributed by atoms with E-state index < -0.39 is 0 Å². The zero-order chi connectivity index (χ0) is 15.4. The van der Waals surface area contributed by atoms with Gasteiger partial charge < -0.3 is 9.47 Å². The molecule has 0 bridgehead atoms. The molecule has 1 aromatic rings. The van der Waals surface area contributed by atoms with Crippen LogP contribution in [0.2, 0.25) is 0 Å². The lowest BCUT2D eigenvalue weighted by atomic mass is 10.1. The lowest BCUT2D eigenvalue weighted by molar-refractivity contribution is -0.143. The summed E-state index contributed by atoms with van der Waals surface area (Å²) in [7, 11) is 0. The summed E-state index contributed by atoms with van der Waals surface area (Å²) in [4.78, 5) is 22.0. The van der Waals surface area contributed by atoms with E-state index in [1.807, 2.05) is 6.92 Å². The van der Waals surface area contributed by atoms with E-state index in [1.165, 1.54) is 13.8 Å². The van der Waals surface area contributed by atoms with Crippen LogP contribution >= 0.6 is 67.8 Å². The molecule has 7 heteroatoms. The number of carbonyl (C=O) groups is 2. The maximum absolute atomic E-state index is 11.0. The zero-order valence-electron chi connectivity index (χ0n) is 11.2. The second-order valence-electron chi connectivity index (χ2n) is 4.08. The second-order valence-corrected chi connectivity index (χ2v) is 7.32. The van der Waals surface area contributed by atoms with E-state index in [2.05, 4.69) is 67.8 Å². The third-order valence-corrected chi connectivity index (χ3v) is 6.78. The summed E-state index contributed by atoms with van der Waals surface area (Å²) >= 11 is 6.72. The van der Waals surface area contributed by atoms with Crippen LogP contribution in [0.4, 0.5) is 0 Å². The Morgan fingerprint density at radius 1 is 0.850 bits per heavy atom. The van der Waals surface area contributed by atoms with Crippen molar-refractivity contribution < 1.29 is 19.1 Å². The van der Waals surface area contributed by atoms with Crippen molar-refractivity contribution in [2.45, 2.75) is 34.0 Å². The summed E-state index contributed by atoms with van der Waals surface area (Å²) in [6.07, 6.45) is 0. The molecule has 0 unspecified atom stereocenters. The summed E-state index contributed by atoms with van der Waals surface area (Å²) < 4.78 is 13.3. The predicted octanol–water partition coefficient (Wildman–Crippen LogP) is 3.94. The largest absolute Gasteiger partial charge is 0.461 e. The van der Waals surface area contributed by atoms with Gasteiger partial charge in [-0.05, 0) is 80.3 Å². The fraction of sp³-hybridized carbons (Fsp3) is 0.385. The molecule has 0 aliphatic carbocycles. The maximum Gasteiger partial charge on any atom is 0.302 e. The van der Waals surface area contributed by atoms with Crippen LogP contribution < -0.4 is 0 Å². The fourth-order valence-corrected chi connectivity index (χ4v) is 5.31. The monoisotopic (exact) mass is 614 g/mol. The molecule has 0 saturated heterocycles. The third kappa shape index (κ3) is 4.68. The van der Waals surface area contributed by atoms with Crippen LogP contribution in [-0.4, -0.2) is 11.9 Å². The first-order valence-electron chi connectivity index (χ1n) is 5.67. The molecule has 1 aromatic carbocycles. The van der Waals surface area contributed by atoms with Crippen LogP contribution in [0.3, 0.4) is 0 Å². The second kappa shape index (κ2) is 8.11. The molecule has 0 atom stereocenters. The SMILES string of the molecule is CC(=O)OCc1c(I)c(C)c(I)c(COC(C)=O)c1I. The minimum absolute atomic E-state index is 0.233. The van der Waals surface area contributed by atoms with Crippen molar-refractivity contribution in [3.8, 4) is 0 Å². The van der Waals surface area contributed by atoms with Crippen LogP contribution in [0.25, 0.3) is 0 Å². The van der Waals surface area contributed by atoms with Crippen molar-refractivity contribution in [2.75, 3.05) is 0 Å². The van der Waals surface area contributed by atoms with Crippen LogP contribution in [0.5, 0.6) is 0 Å². The summed E-state index contributed by atoms with van der Waals surface area (Å²) in [6, 6.07) is 0. The van der Waals surface area contributed by atoms with Gasteiger partial charge >= 0.3 is 11.9 Å². The lowest BCUT2D eigenvalue weighted by Crippen LogP contribution is -2.11. The van der Waals surface area contributed by atoms with Gasteiger partial charge in [0.2, 0.25) is 0 Å². The topological polar surface area (TPSA) is 52.6 Å². The molecular formula is C13H13I3O4. The van der Waals surface area contributed by atoms with E-state index in [0.717, 1.165) is 27.4 Å². The highest BCUT2D eigenvalue weighted by atomic mass is 127. The van der Waals surface area contributed by atoms with Crippen molar-refractivity contribution in [1.29, 1.82) is 0 Å². The molecule has 110 valence electrons. The Kier molecular flexibility index (Phi) is 7.46. The summed E-state index contributed by atoms with van der Waals surface area (Å²) in [5.41, 5.74) is 3.03. The summed E-state index contributed by atoms with van der Waals surface area (Å²) in [6.45, 7) is 5.25. The lowest BCUT2D eigenvalue weighted by Gasteiger charge is -2.17. The van der Waals surface area contributed by atoms with Crippen molar-refractivity contribution in [2.24, 2.45) is 0 Å². The average Bonchev–Trinajstić information content (AvgIpc) is 2.35. The molecule has 1 rings (SSSR count). The highest BCUT2D eigenvalue weighted by Crippen LogP contribution is 2.32. The Morgan fingerprint density at radius 3 is 1.50 bits per heavy atom. The Labute approximate surface area is 158 Å². The van der Waals surface area contributed by atoms with Gasteiger partial charge in [-0.25, -0.2) is 0 Å². The molecule has 0 heterocycles. The van der Waals surface area contributed by atoms with E-state index in [-0.39, 0.29) is 25.2 Å². The van der Waals surface area contributed by atoms with Crippen molar-refractivity contribution >= 4 is 79.7 Å². The molecule has 0 radical (unpaired) electrons. The van der Waals surface area contributed by atoms with Gasteiger partial charge in [-0.15, -0.1) is 0 Å². The number of rotatable bonds is 4. The number of hydrogen-bond donors (Lipinski definition) is 0.